The summed E-state index contributed by atoms with van der Waals surface area (Å²) in [5.41, 5.74) is 1.36. The van der Waals surface area contributed by atoms with E-state index < -0.39 is 4.99 Å². The van der Waals surface area contributed by atoms with Crippen molar-refractivity contribution in [3.8, 4) is 11.5 Å². The second-order valence-electron chi connectivity index (χ2n) is 4.51. The molecule has 1 aliphatic heterocycles. The van der Waals surface area contributed by atoms with Gasteiger partial charge < -0.3 is 10.2 Å². The Morgan fingerprint density at radius 3 is 2.19 bits per heavy atom. The Morgan fingerprint density at radius 1 is 0.905 bits per heavy atom. The van der Waals surface area contributed by atoms with Crippen molar-refractivity contribution in [3.05, 3.63) is 53.6 Å². The minimum atomic E-state index is -1.07. The summed E-state index contributed by atoms with van der Waals surface area (Å²) < 4.78 is 0. The Balaban J connectivity index is 2.08. The number of aromatic hydroxyl groups is 2. The largest absolute Gasteiger partial charge is 0.508 e. The first-order chi connectivity index (χ1) is 10.1. The molecule has 0 atom stereocenters. The fourth-order valence-electron chi connectivity index (χ4n) is 1.99. The number of phenolic OH excluding ortho intramolecular Hbond substituents is 2. The van der Waals surface area contributed by atoms with Gasteiger partial charge in [0, 0.05) is 11.1 Å². The van der Waals surface area contributed by atoms with Crippen LogP contribution in [0.4, 0.5) is 0 Å². The number of nitrogens with zero attached hydrogens (tertiary/aromatic N) is 4. The third-order valence-corrected chi connectivity index (χ3v) is 4.55. The molecule has 0 radical (unpaired) electrons. The van der Waals surface area contributed by atoms with Gasteiger partial charge in [-0.05, 0) is 29.5 Å². The molecule has 0 amide bonds. The molecule has 2 aromatic carbocycles. The predicted octanol–water partition coefficient (Wildman–Crippen LogP) is 4.14. The van der Waals surface area contributed by atoms with Crippen molar-refractivity contribution in [2.75, 3.05) is 0 Å². The van der Waals surface area contributed by atoms with Crippen LogP contribution in [0.25, 0.3) is 0 Å². The summed E-state index contributed by atoms with van der Waals surface area (Å²) in [6.07, 6.45) is 0. The SMILES string of the molecule is Cc1c(O)ccc(O)c1SC1(c2ccccc2)N=NN=N1. The van der Waals surface area contributed by atoms with E-state index >= 15 is 0 Å². The molecule has 1 heterocycles. The van der Waals surface area contributed by atoms with Gasteiger partial charge in [-0.3, -0.25) is 0 Å². The van der Waals surface area contributed by atoms with Crippen LogP contribution < -0.4 is 0 Å². The van der Waals surface area contributed by atoms with Gasteiger partial charge in [0.25, 0.3) is 4.99 Å². The molecular formula is C14H12N4O2S. The van der Waals surface area contributed by atoms with E-state index in [2.05, 4.69) is 20.7 Å². The standard InChI is InChI=1S/C14H12N4O2S/c1-9-11(19)7-8-12(20)13(9)21-14(15-17-18-16-14)10-5-3-2-4-6-10/h2-8,19-20H,1H3. The molecule has 0 bridgehead atoms. The van der Waals surface area contributed by atoms with Crippen molar-refractivity contribution in [1.82, 2.24) is 0 Å². The Hall–Kier alpha value is -2.41. The molecule has 1 aliphatic rings. The van der Waals surface area contributed by atoms with E-state index in [0.29, 0.717) is 10.5 Å². The Morgan fingerprint density at radius 2 is 1.52 bits per heavy atom. The minimum Gasteiger partial charge on any atom is -0.508 e. The number of phenols is 2. The molecule has 0 saturated carbocycles. The molecule has 2 N–H and O–H groups in total. The van der Waals surface area contributed by atoms with Crippen LogP contribution in [0.3, 0.4) is 0 Å². The number of rotatable bonds is 3. The highest BCUT2D eigenvalue weighted by molar-refractivity contribution is 8.00. The summed E-state index contributed by atoms with van der Waals surface area (Å²) in [7, 11) is 0. The van der Waals surface area contributed by atoms with E-state index in [4.69, 9.17) is 0 Å². The van der Waals surface area contributed by atoms with Crippen LogP contribution >= 0.6 is 11.8 Å². The Bertz CT molecular complexity index is 719. The normalized spacial score (nSPS) is 15.5. The number of thioether (sulfide) groups is 1. The number of hydrogen-bond acceptors (Lipinski definition) is 7. The Kier molecular flexibility index (Phi) is 3.34. The van der Waals surface area contributed by atoms with E-state index in [-0.39, 0.29) is 11.5 Å². The number of hydrogen-bond donors (Lipinski definition) is 2. The molecule has 0 aromatic heterocycles. The first-order valence-electron chi connectivity index (χ1n) is 6.22. The zero-order valence-electron chi connectivity index (χ0n) is 11.1. The monoisotopic (exact) mass is 300 g/mol. The zero-order chi connectivity index (χ0) is 14.9. The first-order valence-corrected chi connectivity index (χ1v) is 7.04. The molecule has 6 nitrogen and oxygen atoms in total. The topological polar surface area (TPSA) is 89.9 Å². The van der Waals surface area contributed by atoms with Crippen LogP contribution in [-0.2, 0) is 4.99 Å². The molecule has 0 saturated heterocycles. The van der Waals surface area contributed by atoms with Gasteiger partial charge in [-0.15, -0.1) is 10.2 Å². The fourth-order valence-corrected chi connectivity index (χ4v) is 3.11. The van der Waals surface area contributed by atoms with Gasteiger partial charge >= 0.3 is 0 Å². The average Bonchev–Trinajstić information content (AvgIpc) is 2.99. The van der Waals surface area contributed by atoms with Gasteiger partial charge in [0.05, 0.1) is 4.90 Å². The Labute approximate surface area is 125 Å². The summed E-state index contributed by atoms with van der Waals surface area (Å²) in [5, 5.41) is 35.3. The smallest absolute Gasteiger partial charge is 0.270 e. The van der Waals surface area contributed by atoms with Crippen molar-refractivity contribution in [2.24, 2.45) is 20.7 Å². The van der Waals surface area contributed by atoms with Crippen LogP contribution in [0.1, 0.15) is 11.1 Å². The first kappa shape index (κ1) is 13.6. The molecule has 7 heteroatoms. The molecule has 3 rings (SSSR count). The van der Waals surface area contributed by atoms with Crippen LogP contribution in [0.5, 0.6) is 11.5 Å². The van der Waals surface area contributed by atoms with Gasteiger partial charge in [-0.2, -0.15) is 0 Å². The van der Waals surface area contributed by atoms with Crippen molar-refractivity contribution < 1.29 is 10.2 Å². The lowest BCUT2D eigenvalue weighted by atomic mass is 10.2. The van der Waals surface area contributed by atoms with Gasteiger partial charge in [-0.1, -0.05) is 42.1 Å². The zero-order valence-corrected chi connectivity index (χ0v) is 11.9. The quantitative estimate of drug-likeness (QED) is 0.834. The second-order valence-corrected chi connectivity index (χ2v) is 5.69. The van der Waals surface area contributed by atoms with Crippen molar-refractivity contribution in [3.63, 3.8) is 0 Å². The van der Waals surface area contributed by atoms with Crippen molar-refractivity contribution in [2.45, 2.75) is 16.8 Å². The highest BCUT2D eigenvalue weighted by Crippen LogP contribution is 2.51. The molecule has 0 aliphatic carbocycles. The number of benzene rings is 2. The lowest BCUT2D eigenvalue weighted by molar-refractivity contribution is 0.444. The lowest BCUT2D eigenvalue weighted by Crippen LogP contribution is -2.13. The van der Waals surface area contributed by atoms with E-state index in [1.165, 1.54) is 23.9 Å². The fraction of sp³-hybridized carbons (Fsp3) is 0.143. The van der Waals surface area contributed by atoms with Crippen LogP contribution in [-0.4, -0.2) is 10.2 Å². The molecule has 106 valence electrons. The van der Waals surface area contributed by atoms with E-state index in [0.717, 1.165) is 5.56 Å². The molecular weight excluding hydrogens is 288 g/mol. The van der Waals surface area contributed by atoms with E-state index in [9.17, 15) is 10.2 Å². The summed E-state index contributed by atoms with van der Waals surface area (Å²) in [5.74, 6) is 0.160. The average molecular weight is 300 g/mol. The van der Waals surface area contributed by atoms with Crippen molar-refractivity contribution in [1.29, 1.82) is 0 Å². The minimum absolute atomic E-state index is 0.0582. The highest BCUT2D eigenvalue weighted by atomic mass is 32.2. The second kappa shape index (κ2) is 5.17. The van der Waals surface area contributed by atoms with E-state index in [1.807, 2.05) is 30.3 Å². The third-order valence-electron chi connectivity index (χ3n) is 3.15. The van der Waals surface area contributed by atoms with Crippen LogP contribution in [0.15, 0.2) is 68.0 Å². The molecule has 0 fully saturated rings. The lowest BCUT2D eigenvalue weighted by Gasteiger charge is -2.21. The maximum atomic E-state index is 10.1. The van der Waals surface area contributed by atoms with Crippen LogP contribution in [0, 0.1) is 6.92 Å². The highest BCUT2D eigenvalue weighted by Gasteiger charge is 2.38. The van der Waals surface area contributed by atoms with E-state index in [1.54, 1.807) is 6.92 Å². The third kappa shape index (κ3) is 2.36. The molecule has 0 spiro atoms. The maximum Gasteiger partial charge on any atom is 0.270 e. The van der Waals surface area contributed by atoms with Gasteiger partial charge in [0.1, 0.15) is 11.5 Å². The molecule has 0 unspecified atom stereocenters. The predicted molar refractivity (Wildman–Crippen MR) is 78.2 cm³/mol. The van der Waals surface area contributed by atoms with Crippen LogP contribution in [0.2, 0.25) is 0 Å². The summed E-state index contributed by atoms with van der Waals surface area (Å²) in [4.78, 5) is -0.573. The maximum absolute atomic E-state index is 10.1. The summed E-state index contributed by atoms with van der Waals surface area (Å²) in [6.45, 7) is 1.72. The van der Waals surface area contributed by atoms with Gasteiger partial charge in [-0.25, -0.2) is 0 Å². The molecule has 21 heavy (non-hydrogen) atoms. The van der Waals surface area contributed by atoms with Gasteiger partial charge in [0.2, 0.25) is 0 Å². The van der Waals surface area contributed by atoms with Gasteiger partial charge in [0.15, 0.2) is 0 Å². The summed E-state index contributed by atoms with van der Waals surface area (Å²) in [6, 6.07) is 12.2. The summed E-state index contributed by atoms with van der Waals surface area (Å²) >= 11 is 1.19. The van der Waals surface area contributed by atoms with Crippen molar-refractivity contribution >= 4 is 11.8 Å². The molecule has 2 aromatic rings.